The molecule has 1 aliphatic heterocycles. The molecule has 0 aromatic heterocycles. The molecule has 2 aromatic rings. The van der Waals surface area contributed by atoms with Crippen LogP contribution in [0.4, 0.5) is 20.2 Å². The molecular formula is C16H11F2N3OS2. The predicted molar refractivity (Wildman–Crippen MR) is 95.6 cm³/mol. The third-order valence-electron chi connectivity index (χ3n) is 2.93. The van der Waals surface area contributed by atoms with Crippen molar-refractivity contribution in [1.82, 2.24) is 5.32 Å². The first-order chi connectivity index (χ1) is 11.5. The summed E-state index contributed by atoms with van der Waals surface area (Å²) >= 11 is 9.29. The van der Waals surface area contributed by atoms with Crippen molar-refractivity contribution in [2.45, 2.75) is 0 Å². The molecule has 3 rings (SSSR count). The van der Waals surface area contributed by atoms with Crippen molar-refractivity contribution in [2.24, 2.45) is 4.99 Å². The van der Waals surface area contributed by atoms with E-state index in [-0.39, 0.29) is 24.1 Å². The Kier molecular flexibility index (Phi) is 6.20. The van der Waals surface area contributed by atoms with Crippen molar-refractivity contribution in [1.29, 1.82) is 0 Å². The molecule has 1 N–H and O–H groups in total. The number of carbonyl (C=O) groups is 1. The molecule has 0 saturated carbocycles. The fourth-order valence-electron chi connectivity index (χ4n) is 1.84. The normalized spacial score (nSPS) is 12.8. The summed E-state index contributed by atoms with van der Waals surface area (Å²) in [6.07, 6.45) is 0. The number of nitrogens with zero attached hydrogens (tertiary/aromatic N) is 2. The van der Waals surface area contributed by atoms with Crippen LogP contribution in [-0.4, -0.2) is 22.7 Å². The van der Waals surface area contributed by atoms with Crippen LogP contribution in [-0.2, 0) is 4.79 Å². The van der Waals surface area contributed by atoms with Gasteiger partial charge >= 0.3 is 0 Å². The Hall–Kier alpha value is -2.54. The molecule has 8 heteroatoms. The van der Waals surface area contributed by atoms with Crippen molar-refractivity contribution in [3.8, 4) is 0 Å². The molecule has 4 nitrogen and oxygen atoms in total. The maximum absolute atomic E-state index is 12.6. The van der Waals surface area contributed by atoms with Crippen LogP contribution in [0.2, 0.25) is 0 Å². The number of hydrogen-bond donors (Lipinski definition) is 1. The summed E-state index contributed by atoms with van der Waals surface area (Å²) in [5.74, 6) is -0.732. The molecule has 1 fully saturated rings. The number of amides is 1. The molecule has 0 atom stereocenters. The summed E-state index contributed by atoms with van der Waals surface area (Å²) in [5.41, 5.74) is 1.21. The quantitative estimate of drug-likeness (QED) is 0.654. The first kappa shape index (κ1) is 17.8. The number of benzene rings is 2. The third kappa shape index (κ3) is 4.73. The molecule has 0 bridgehead atoms. The second-order valence-electron chi connectivity index (χ2n) is 4.54. The first-order valence-electron chi connectivity index (χ1n) is 6.71. The highest BCUT2D eigenvalue weighted by molar-refractivity contribution is 7.80. The summed E-state index contributed by atoms with van der Waals surface area (Å²) in [4.78, 5) is 16.4. The topological polar surface area (TPSA) is 44.7 Å². The molecular weight excluding hydrogens is 352 g/mol. The van der Waals surface area contributed by atoms with Crippen LogP contribution in [0.15, 0.2) is 53.5 Å². The smallest absolute Gasteiger partial charge is 0.252 e. The van der Waals surface area contributed by atoms with Gasteiger partial charge in [0.05, 0.1) is 23.1 Å². The van der Waals surface area contributed by atoms with Crippen LogP contribution >= 0.6 is 24.4 Å². The van der Waals surface area contributed by atoms with Gasteiger partial charge in [-0.25, -0.2) is 8.78 Å². The lowest BCUT2D eigenvalue weighted by Crippen LogP contribution is -2.30. The van der Waals surface area contributed by atoms with E-state index in [9.17, 15) is 13.6 Å². The van der Waals surface area contributed by atoms with Gasteiger partial charge in [-0.05, 0) is 73.0 Å². The van der Waals surface area contributed by atoms with Crippen molar-refractivity contribution in [2.75, 3.05) is 11.4 Å². The molecule has 122 valence electrons. The van der Waals surface area contributed by atoms with Gasteiger partial charge in [-0.15, -0.1) is 0 Å². The standard InChI is InChI=1S/C9H7FN2OS.C7H4FNS/c10-6-1-3-7(4-2-6)12-8(13)5-11-9(12)14;8-6-1-3-7(4-2-6)9-5-10/h1-4H,5H2,(H,11,14);1-4H. The third-order valence-corrected chi connectivity index (χ3v) is 3.35. The molecule has 1 aliphatic rings. The second-order valence-corrected chi connectivity index (χ2v) is 5.11. The molecule has 1 heterocycles. The van der Waals surface area contributed by atoms with Gasteiger partial charge in [-0.3, -0.25) is 9.69 Å². The van der Waals surface area contributed by atoms with Gasteiger partial charge in [0.2, 0.25) is 0 Å². The Morgan fingerprint density at radius 3 is 2.04 bits per heavy atom. The average molecular weight is 363 g/mol. The highest BCUT2D eigenvalue weighted by Gasteiger charge is 2.26. The Morgan fingerprint density at radius 1 is 1.04 bits per heavy atom. The van der Waals surface area contributed by atoms with E-state index in [2.05, 4.69) is 27.7 Å². The molecule has 24 heavy (non-hydrogen) atoms. The molecule has 0 unspecified atom stereocenters. The number of nitrogens with one attached hydrogen (secondary N) is 1. The van der Waals surface area contributed by atoms with E-state index in [1.807, 2.05) is 0 Å². The fourth-order valence-corrected chi connectivity index (χ4v) is 2.23. The number of rotatable bonds is 2. The van der Waals surface area contributed by atoms with Crippen LogP contribution in [0, 0.1) is 11.6 Å². The fraction of sp³-hybridized carbons (Fsp3) is 0.0625. The molecule has 0 aliphatic carbocycles. The number of aliphatic imine (C=N–C) groups is 1. The van der Waals surface area contributed by atoms with E-state index in [4.69, 9.17) is 12.2 Å². The number of anilines is 1. The van der Waals surface area contributed by atoms with Crippen LogP contribution in [0.5, 0.6) is 0 Å². The van der Waals surface area contributed by atoms with Crippen molar-refractivity contribution >= 4 is 52.0 Å². The lowest BCUT2D eigenvalue weighted by molar-refractivity contribution is -0.115. The van der Waals surface area contributed by atoms with E-state index < -0.39 is 0 Å². The molecule has 2 aromatic carbocycles. The number of hydrogen-bond acceptors (Lipinski definition) is 4. The zero-order valence-corrected chi connectivity index (χ0v) is 13.8. The minimum absolute atomic E-state index is 0.124. The summed E-state index contributed by atoms with van der Waals surface area (Å²) in [5, 5.41) is 5.30. The van der Waals surface area contributed by atoms with E-state index >= 15 is 0 Å². The minimum atomic E-state index is -0.334. The first-order valence-corrected chi connectivity index (χ1v) is 7.52. The SMILES string of the molecule is Fc1ccc(N=C=S)cc1.O=C1CNC(=S)N1c1ccc(F)cc1. The molecule has 1 saturated heterocycles. The Morgan fingerprint density at radius 2 is 1.58 bits per heavy atom. The largest absolute Gasteiger partial charge is 0.353 e. The van der Waals surface area contributed by atoms with Crippen molar-refractivity contribution in [3.05, 3.63) is 60.2 Å². The van der Waals surface area contributed by atoms with Crippen LogP contribution in [0.1, 0.15) is 0 Å². The van der Waals surface area contributed by atoms with Gasteiger partial charge in [-0.2, -0.15) is 4.99 Å². The van der Waals surface area contributed by atoms with Crippen LogP contribution in [0.3, 0.4) is 0 Å². The number of carbonyl (C=O) groups excluding carboxylic acids is 1. The van der Waals surface area contributed by atoms with E-state index in [0.717, 1.165) is 0 Å². The van der Waals surface area contributed by atoms with Gasteiger partial charge in [0.1, 0.15) is 11.6 Å². The average Bonchev–Trinajstić information content (AvgIpc) is 2.90. The number of isothiocyanates is 1. The van der Waals surface area contributed by atoms with Crippen LogP contribution < -0.4 is 10.2 Å². The monoisotopic (exact) mass is 363 g/mol. The number of thiocarbonyl (C=S) groups is 2. The zero-order valence-electron chi connectivity index (χ0n) is 12.2. The van der Waals surface area contributed by atoms with Gasteiger partial charge < -0.3 is 5.32 Å². The Bertz CT molecular complexity index is 772. The van der Waals surface area contributed by atoms with Gasteiger partial charge in [-0.1, -0.05) is 0 Å². The van der Waals surface area contributed by atoms with Crippen molar-refractivity contribution in [3.63, 3.8) is 0 Å². The number of halogens is 2. The molecule has 0 radical (unpaired) electrons. The maximum Gasteiger partial charge on any atom is 0.252 e. The second kappa shape index (κ2) is 8.35. The molecule has 0 spiro atoms. The van der Waals surface area contributed by atoms with E-state index in [0.29, 0.717) is 16.5 Å². The van der Waals surface area contributed by atoms with Gasteiger partial charge in [0.25, 0.3) is 5.91 Å². The predicted octanol–water partition coefficient (Wildman–Crippen LogP) is 3.61. The lowest BCUT2D eigenvalue weighted by atomic mass is 10.3. The highest BCUT2D eigenvalue weighted by atomic mass is 32.1. The Labute approximate surface area is 147 Å². The lowest BCUT2D eigenvalue weighted by Gasteiger charge is -2.13. The van der Waals surface area contributed by atoms with E-state index in [1.54, 1.807) is 0 Å². The summed E-state index contributed by atoms with van der Waals surface area (Å²) in [6, 6.07) is 11.4. The summed E-state index contributed by atoms with van der Waals surface area (Å²) < 4.78 is 24.9. The minimum Gasteiger partial charge on any atom is -0.353 e. The van der Waals surface area contributed by atoms with Crippen LogP contribution in [0.25, 0.3) is 0 Å². The summed E-state index contributed by atoms with van der Waals surface area (Å²) in [6.45, 7) is 0.205. The highest BCUT2D eigenvalue weighted by Crippen LogP contribution is 2.17. The van der Waals surface area contributed by atoms with Gasteiger partial charge in [0.15, 0.2) is 5.11 Å². The van der Waals surface area contributed by atoms with Gasteiger partial charge in [0, 0.05) is 0 Å². The van der Waals surface area contributed by atoms with Crippen molar-refractivity contribution < 1.29 is 13.6 Å². The maximum atomic E-state index is 12.6. The zero-order chi connectivity index (χ0) is 17.5. The Balaban J connectivity index is 0.000000185. The van der Waals surface area contributed by atoms with E-state index in [1.165, 1.54) is 53.4 Å². The molecule has 1 amide bonds. The summed E-state index contributed by atoms with van der Waals surface area (Å²) in [7, 11) is 0.